The Morgan fingerprint density at radius 3 is 2.15 bits per heavy atom. The molecule has 34 heavy (non-hydrogen) atoms. The van der Waals surface area contributed by atoms with Crippen LogP contribution in [0.15, 0.2) is 45.0 Å². The molecule has 2 aromatic carbocycles. The molecule has 1 heterocycles. The van der Waals surface area contributed by atoms with Gasteiger partial charge in [-0.05, 0) is 44.2 Å². The maximum atomic E-state index is 13.8. The highest BCUT2D eigenvalue weighted by atomic mass is 35.5. The van der Waals surface area contributed by atoms with Gasteiger partial charge in [0.05, 0.1) is 11.6 Å². The molecule has 13 heteroatoms. The third-order valence-corrected chi connectivity index (χ3v) is 9.61. The van der Waals surface area contributed by atoms with Crippen LogP contribution < -0.4 is 0 Å². The van der Waals surface area contributed by atoms with Gasteiger partial charge in [-0.15, -0.1) is 0 Å². The van der Waals surface area contributed by atoms with Gasteiger partial charge in [0.25, 0.3) is 10.1 Å². The molecule has 0 aliphatic carbocycles. The van der Waals surface area contributed by atoms with Crippen LogP contribution in [-0.2, 0) is 25.9 Å². The zero-order valence-corrected chi connectivity index (χ0v) is 22.4. The summed E-state index contributed by atoms with van der Waals surface area (Å²) < 4.78 is 62.1. The second-order valence-electron chi connectivity index (χ2n) is 8.00. The van der Waals surface area contributed by atoms with E-state index in [2.05, 4.69) is 4.90 Å². The number of halogens is 2. The summed E-state index contributed by atoms with van der Waals surface area (Å²) in [6.07, 6.45) is 0. The third-order valence-electron chi connectivity index (χ3n) is 5.34. The van der Waals surface area contributed by atoms with E-state index >= 15 is 0 Å². The number of nitrogens with zero attached hydrogens (tertiary/aromatic N) is 3. The Labute approximate surface area is 214 Å². The van der Waals surface area contributed by atoms with Crippen LogP contribution in [0, 0.1) is 11.3 Å². The fourth-order valence-corrected chi connectivity index (χ4v) is 8.25. The summed E-state index contributed by atoms with van der Waals surface area (Å²) in [5.41, 5.74) is -0.417. The zero-order valence-electron chi connectivity index (χ0n) is 18.4. The van der Waals surface area contributed by atoms with Gasteiger partial charge in [0.1, 0.15) is 10.6 Å². The van der Waals surface area contributed by atoms with Crippen molar-refractivity contribution in [2.45, 2.75) is 40.3 Å². The van der Waals surface area contributed by atoms with Crippen LogP contribution in [0.3, 0.4) is 0 Å². The molecule has 1 aliphatic rings. The first-order valence-electron chi connectivity index (χ1n) is 10.2. The smallest absolute Gasteiger partial charge is 0.269 e. The quantitative estimate of drug-likeness (QED) is 0.499. The Bertz CT molecular complexity index is 1310. The molecular formula is C21H23Cl2N3O5S3. The SMILES string of the molecule is CC(C)N1CCN(S(=O)(=O)c2c(Sc3cc(Cl)cc(Cl)c3)ccc(C#N)c2CS(=O)(=O)O)CC1. The predicted octanol–water partition coefficient (Wildman–Crippen LogP) is 4.12. The molecule has 1 aliphatic heterocycles. The average molecular weight is 565 g/mol. The minimum atomic E-state index is -4.64. The van der Waals surface area contributed by atoms with Gasteiger partial charge in [0, 0.05) is 57.6 Å². The maximum Gasteiger partial charge on any atom is 0.269 e. The van der Waals surface area contributed by atoms with Crippen LogP contribution in [0.2, 0.25) is 10.0 Å². The lowest BCUT2D eigenvalue weighted by Crippen LogP contribution is -2.50. The van der Waals surface area contributed by atoms with E-state index in [4.69, 9.17) is 23.2 Å². The third kappa shape index (κ3) is 6.44. The summed E-state index contributed by atoms with van der Waals surface area (Å²) in [5.74, 6) is -1.01. The molecule has 0 amide bonds. The van der Waals surface area contributed by atoms with E-state index in [1.54, 1.807) is 12.1 Å². The second-order valence-corrected chi connectivity index (χ2v) is 13.3. The van der Waals surface area contributed by atoms with Crippen LogP contribution in [0.4, 0.5) is 0 Å². The molecular weight excluding hydrogens is 541 g/mol. The molecule has 0 spiro atoms. The van der Waals surface area contributed by atoms with Crippen LogP contribution in [0.1, 0.15) is 25.0 Å². The summed E-state index contributed by atoms with van der Waals surface area (Å²) in [6.45, 7) is 5.47. The Kier molecular flexibility index (Phi) is 8.59. The zero-order chi connectivity index (χ0) is 25.3. The molecule has 2 aromatic rings. The number of piperazine rings is 1. The van der Waals surface area contributed by atoms with Gasteiger partial charge < -0.3 is 0 Å². The van der Waals surface area contributed by atoms with Gasteiger partial charge in [-0.25, -0.2) is 8.42 Å². The van der Waals surface area contributed by atoms with E-state index in [0.717, 1.165) is 11.8 Å². The summed E-state index contributed by atoms with van der Waals surface area (Å²) >= 11 is 13.2. The minimum absolute atomic E-state index is 0.148. The van der Waals surface area contributed by atoms with Gasteiger partial charge in [0.15, 0.2) is 0 Å². The number of rotatable bonds is 7. The topological polar surface area (TPSA) is 119 Å². The molecule has 1 saturated heterocycles. The second kappa shape index (κ2) is 10.7. The van der Waals surface area contributed by atoms with Gasteiger partial charge in [0.2, 0.25) is 10.0 Å². The van der Waals surface area contributed by atoms with Crippen molar-refractivity contribution in [3.63, 3.8) is 0 Å². The van der Waals surface area contributed by atoms with E-state index in [-0.39, 0.29) is 40.0 Å². The lowest BCUT2D eigenvalue weighted by molar-refractivity contribution is 0.154. The summed E-state index contributed by atoms with van der Waals surface area (Å²) in [6, 6.07) is 9.60. The van der Waals surface area contributed by atoms with Crippen molar-refractivity contribution < 1.29 is 21.4 Å². The van der Waals surface area contributed by atoms with E-state index in [9.17, 15) is 26.7 Å². The molecule has 0 unspecified atom stereocenters. The summed E-state index contributed by atoms with van der Waals surface area (Å²) in [4.78, 5) is 2.55. The number of hydrogen-bond acceptors (Lipinski definition) is 7. The maximum absolute atomic E-state index is 13.8. The molecule has 0 saturated carbocycles. The largest absolute Gasteiger partial charge is 0.298 e. The normalized spacial score (nSPS) is 16.0. The average Bonchev–Trinajstić information content (AvgIpc) is 2.72. The van der Waals surface area contributed by atoms with Crippen molar-refractivity contribution in [3.05, 3.63) is 51.5 Å². The number of sulfonamides is 1. The van der Waals surface area contributed by atoms with E-state index in [1.807, 2.05) is 19.9 Å². The van der Waals surface area contributed by atoms with Crippen LogP contribution in [0.25, 0.3) is 0 Å². The highest BCUT2D eigenvalue weighted by Gasteiger charge is 2.35. The molecule has 0 radical (unpaired) electrons. The van der Waals surface area contributed by atoms with Crippen LogP contribution in [-0.4, -0.2) is 62.8 Å². The summed E-state index contributed by atoms with van der Waals surface area (Å²) in [7, 11) is -8.86. The van der Waals surface area contributed by atoms with Crippen molar-refractivity contribution in [1.29, 1.82) is 5.26 Å². The lowest BCUT2D eigenvalue weighted by Gasteiger charge is -2.36. The van der Waals surface area contributed by atoms with Gasteiger partial charge >= 0.3 is 0 Å². The molecule has 184 valence electrons. The minimum Gasteiger partial charge on any atom is -0.298 e. The lowest BCUT2D eigenvalue weighted by atomic mass is 10.1. The molecule has 0 bridgehead atoms. The standard InChI is InChI=1S/C21H23Cl2N3O5S3/c1-14(2)25-5-7-26(8-6-25)34(30,31)21-19(13-33(27,28)29)15(12-24)3-4-20(21)32-18-10-16(22)9-17(23)11-18/h3-4,9-11,14H,5-8,13H2,1-2H3,(H,27,28,29). The first-order chi connectivity index (χ1) is 15.8. The molecule has 1 fully saturated rings. The molecule has 0 atom stereocenters. The van der Waals surface area contributed by atoms with Crippen molar-refractivity contribution in [1.82, 2.24) is 9.21 Å². The number of hydrogen-bond donors (Lipinski definition) is 1. The molecule has 1 N–H and O–H groups in total. The highest BCUT2D eigenvalue weighted by Crippen LogP contribution is 2.40. The van der Waals surface area contributed by atoms with Crippen molar-refractivity contribution in [3.8, 4) is 6.07 Å². The number of benzene rings is 2. The van der Waals surface area contributed by atoms with E-state index in [1.165, 1.54) is 22.5 Å². The van der Waals surface area contributed by atoms with E-state index in [0.29, 0.717) is 28.0 Å². The Morgan fingerprint density at radius 1 is 1.06 bits per heavy atom. The fourth-order valence-electron chi connectivity index (χ4n) is 3.70. The Balaban J connectivity index is 2.17. The van der Waals surface area contributed by atoms with Crippen molar-refractivity contribution >= 4 is 55.1 Å². The molecule has 3 rings (SSSR count). The summed E-state index contributed by atoms with van der Waals surface area (Å²) in [5, 5.41) is 10.3. The van der Waals surface area contributed by atoms with Crippen LogP contribution >= 0.6 is 35.0 Å². The molecule has 0 aromatic heterocycles. The van der Waals surface area contributed by atoms with Crippen LogP contribution in [0.5, 0.6) is 0 Å². The molecule has 8 nitrogen and oxygen atoms in total. The Hall–Kier alpha value is -1.36. The van der Waals surface area contributed by atoms with Gasteiger partial charge in [-0.1, -0.05) is 35.0 Å². The Morgan fingerprint density at radius 2 is 1.65 bits per heavy atom. The number of nitriles is 1. The predicted molar refractivity (Wildman–Crippen MR) is 132 cm³/mol. The van der Waals surface area contributed by atoms with E-state index < -0.39 is 25.9 Å². The van der Waals surface area contributed by atoms with Crippen molar-refractivity contribution in [2.75, 3.05) is 26.2 Å². The first kappa shape index (κ1) is 27.2. The monoisotopic (exact) mass is 563 g/mol. The highest BCUT2D eigenvalue weighted by molar-refractivity contribution is 8.00. The fraction of sp³-hybridized carbons (Fsp3) is 0.381. The van der Waals surface area contributed by atoms with Crippen molar-refractivity contribution in [2.24, 2.45) is 0 Å². The first-order valence-corrected chi connectivity index (χ1v) is 14.8. The van der Waals surface area contributed by atoms with Gasteiger partial charge in [-0.2, -0.15) is 18.0 Å². The van der Waals surface area contributed by atoms with Gasteiger partial charge in [-0.3, -0.25) is 9.45 Å².